The van der Waals surface area contributed by atoms with E-state index in [1.807, 2.05) is 0 Å². The Morgan fingerprint density at radius 2 is 1.66 bits per heavy atom. The number of carbonyl (C=O) groups is 2. The van der Waals surface area contributed by atoms with Gasteiger partial charge in [-0.05, 0) is 66.6 Å². The first-order valence-electron chi connectivity index (χ1n) is 11.8. The number of rotatable bonds is 11. The molecule has 3 aromatic rings. The second-order valence-corrected chi connectivity index (χ2v) is 11.1. The first-order chi connectivity index (χ1) is 18.1. The molecule has 11 heteroatoms. The molecule has 0 saturated heterocycles. The second kappa shape index (κ2) is 13.0. The molecule has 0 fully saturated rings. The van der Waals surface area contributed by atoms with Crippen LogP contribution in [0.4, 0.5) is 5.69 Å². The quantitative estimate of drug-likeness (QED) is 0.354. The molecule has 3 aromatic carbocycles. The van der Waals surface area contributed by atoms with Crippen molar-refractivity contribution < 1.29 is 22.7 Å². The standard InChI is InChI=1S/C27H29Cl2N3O5S/c1-4-25(27(34)30-2)31(17-19-7-5-10-23(15-19)37-3)26(33)18-32(22-9-6-8-21(29)16-22)38(35,36)24-13-11-20(28)12-14-24/h5-16,25H,4,17-18H2,1-3H3,(H,30,34)/t25-/m1/s1. The largest absolute Gasteiger partial charge is 0.497 e. The summed E-state index contributed by atoms with van der Waals surface area (Å²) in [5, 5.41) is 3.27. The topological polar surface area (TPSA) is 96.0 Å². The van der Waals surface area contributed by atoms with E-state index in [0.717, 1.165) is 9.87 Å². The van der Waals surface area contributed by atoms with Gasteiger partial charge in [0.1, 0.15) is 18.3 Å². The lowest BCUT2D eigenvalue weighted by atomic mass is 10.1. The maximum absolute atomic E-state index is 13.9. The van der Waals surface area contributed by atoms with E-state index in [1.165, 1.54) is 49.4 Å². The van der Waals surface area contributed by atoms with Crippen molar-refractivity contribution in [1.82, 2.24) is 10.2 Å². The summed E-state index contributed by atoms with van der Waals surface area (Å²) in [5.41, 5.74) is 0.921. The van der Waals surface area contributed by atoms with E-state index in [-0.39, 0.29) is 23.0 Å². The fraction of sp³-hybridized carbons (Fsp3) is 0.259. The van der Waals surface area contributed by atoms with Gasteiger partial charge in [-0.2, -0.15) is 0 Å². The highest BCUT2D eigenvalue weighted by Gasteiger charge is 2.33. The number of hydrogen-bond donors (Lipinski definition) is 1. The van der Waals surface area contributed by atoms with Crippen molar-refractivity contribution in [3.8, 4) is 5.75 Å². The maximum atomic E-state index is 13.9. The van der Waals surface area contributed by atoms with E-state index in [2.05, 4.69) is 5.32 Å². The molecular weight excluding hydrogens is 549 g/mol. The number of hydrogen-bond acceptors (Lipinski definition) is 5. The molecule has 0 aliphatic heterocycles. The summed E-state index contributed by atoms with van der Waals surface area (Å²) >= 11 is 12.1. The van der Waals surface area contributed by atoms with Crippen molar-refractivity contribution >= 4 is 50.7 Å². The Labute approximate surface area is 233 Å². The predicted molar refractivity (Wildman–Crippen MR) is 149 cm³/mol. The number of amides is 2. The smallest absolute Gasteiger partial charge is 0.264 e. The molecule has 0 spiro atoms. The number of benzene rings is 3. The maximum Gasteiger partial charge on any atom is 0.264 e. The number of ether oxygens (including phenoxy) is 1. The SMILES string of the molecule is CC[C@H](C(=O)NC)N(Cc1cccc(OC)c1)C(=O)CN(c1cccc(Cl)c1)S(=O)(=O)c1ccc(Cl)cc1. The summed E-state index contributed by atoms with van der Waals surface area (Å²) in [6.07, 6.45) is 0.316. The van der Waals surface area contributed by atoms with E-state index in [0.29, 0.717) is 22.2 Å². The van der Waals surface area contributed by atoms with Crippen LogP contribution in [0.3, 0.4) is 0 Å². The fourth-order valence-corrected chi connectivity index (χ4v) is 5.66. The third-order valence-electron chi connectivity index (χ3n) is 5.90. The zero-order chi connectivity index (χ0) is 27.9. The molecular formula is C27H29Cl2N3O5S. The van der Waals surface area contributed by atoms with Crippen LogP contribution in [-0.2, 0) is 26.2 Å². The third kappa shape index (κ3) is 6.98. The molecule has 1 atom stereocenters. The predicted octanol–water partition coefficient (Wildman–Crippen LogP) is 4.75. The minimum absolute atomic E-state index is 0.0487. The number of likely N-dealkylation sites (N-methyl/N-ethyl adjacent to an activating group) is 1. The lowest BCUT2D eigenvalue weighted by Gasteiger charge is -2.33. The van der Waals surface area contributed by atoms with Gasteiger partial charge >= 0.3 is 0 Å². The number of carbonyl (C=O) groups excluding carboxylic acids is 2. The number of nitrogens with zero attached hydrogens (tertiary/aromatic N) is 2. The van der Waals surface area contributed by atoms with E-state index in [9.17, 15) is 18.0 Å². The van der Waals surface area contributed by atoms with Gasteiger partial charge < -0.3 is 15.0 Å². The van der Waals surface area contributed by atoms with Crippen molar-refractivity contribution in [3.05, 3.63) is 88.4 Å². The van der Waals surface area contributed by atoms with E-state index >= 15 is 0 Å². The molecule has 0 unspecified atom stereocenters. The van der Waals surface area contributed by atoms with Crippen LogP contribution in [-0.4, -0.2) is 51.9 Å². The van der Waals surface area contributed by atoms with Gasteiger partial charge in [0.2, 0.25) is 11.8 Å². The minimum atomic E-state index is -4.21. The molecule has 3 rings (SSSR count). The van der Waals surface area contributed by atoms with Crippen molar-refractivity contribution in [2.75, 3.05) is 25.0 Å². The van der Waals surface area contributed by atoms with Crippen LogP contribution < -0.4 is 14.4 Å². The number of nitrogens with one attached hydrogen (secondary N) is 1. The fourth-order valence-electron chi connectivity index (χ4n) is 3.95. The summed E-state index contributed by atoms with van der Waals surface area (Å²) in [6, 6.07) is 18.1. The number of methoxy groups -OCH3 is 1. The summed E-state index contributed by atoms with van der Waals surface area (Å²) in [5.74, 6) is -0.340. The average molecular weight is 579 g/mol. The Bertz CT molecular complexity index is 1380. The molecule has 0 aliphatic rings. The minimum Gasteiger partial charge on any atom is -0.497 e. The van der Waals surface area contributed by atoms with Crippen LogP contribution >= 0.6 is 23.2 Å². The Balaban J connectivity index is 2.06. The number of halogens is 2. The van der Waals surface area contributed by atoms with Crippen LogP contribution in [0.5, 0.6) is 5.75 Å². The van der Waals surface area contributed by atoms with Crippen LogP contribution in [0.2, 0.25) is 10.0 Å². The molecule has 8 nitrogen and oxygen atoms in total. The summed E-state index contributed by atoms with van der Waals surface area (Å²) in [7, 11) is -1.19. The van der Waals surface area contributed by atoms with Crippen molar-refractivity contribution in [2.24, 2.45) is 0 Å². The lowest BCUT2D eigenvalue weighted by Crippen LogP contribution is -2.51. The van der Waals surface area contributed by atoms with Gasteiger partial charge in [0.05, 0.1) is 17.7 Å². The van der Waals surface area contributed by atoms with E-state index < -0.39 is 28.5 Å². The van der Waals surface area contributed by atoms with Gasteiger partial charge in [-0.15, -0.1) is 0 Å². The average Bonchev–Trinajstić information content (AvgIpc) is 2.91. The number of anilines is 1. The monoisotopic (exact) mass is 577 g/mol. The molecule has 38 heavy (non-hydrogen) atoms. The zero-order valence-electron chi connectivity index (χ0n) is 21.2. The normalized spacial score (nSPS) is 11.9. The van der Waals surface area contributed by atoms with Gasteiger partial charge in [0.15, 0.2) is 0 Å². The van der Waals surface area contributed by atoms with Crippen molar-refractivity contribution in [1.29, 1.82) is 0 Å². The molecule has 1 N–H and O–H groups in total. The van der Waals surface area contributed by atoms with Crippen LogP contribution in [0.15, 0.2) is 77.7 Å². The van der Waals surface area contributed by atoms with E-state index in [4.69, 9.17) is 27.9 Å². The highest BCUT2D eigenvalue weighted by molar-refractivity contribution is 7.92. The summed E-state index contributed by atoms with van der Waals surface area (Å²) in [4.78, 5) is 28.0. The molecule has 0 aromatic heterocycles. The molecule has 0 aliphatic carbocycles. The van der Waals surface area contributed by atoms with Crippen LogP contribution in [0.25, 0.3) is 0 Å². The first kappa shape index (κ1) is 29.3. The van der Waals surface area contributed by atoms with Crippen molar-refractivity contribution in [2.45, 2.75) is 30.8 Å². The van der Waals surface area contributed by atoms with Gasteiger partial charge in [-0.3, -0.25) is 13.9 Å². The molecule has 0 bridgehead atoms. The molecule has 0 saturated carbocycles. The molecule has 2 amide bonds. The summed E-state index contributed by atoms with van der Waals surface area (Å²) in [6.45, 7) is 1.28. The van der Waals surface area contributed by atoms with Gasteiger partial charge in [-0.1, -0.05) is 48.3 Å². The van der Waals surface area contributed by atoms with Gasteiger partial charge in [-0.25, -0.2) is 8.42 Å². The van der Waals surface area contributed by atoms with Gasteiger partial charge in [0.25, 0.3) is 10.0 Å². The first-order valence-corrected chi connectivity index (χ1v) is 14.0. The summed E-state index contributed by atoms with van der Waals surface area (Å²) < 4.78 is 33.8. The number of sulfonamides is 1. The van der Waals surface area contributed by atoms with Gasteiger partial charge in [0, 0.05) is 23.6 Å². The third-order valence-corrected chi connectivity index (χ3v) is 8.17. The Kier molecular flexibility index (Phi) is 10.0. The molecule has 0 heterocycles. The van der Waals surface area contributed by atoms with E-state index in [1.54, 1.807) is 49.4 Å². The Morgan fingerprint density at radius 3 is 2.26 bits per heavy atom. The second-order valence-electron chi connectivity index (χ2n) is 8.36. The molecule has 202 valence electrons. The molecule has 0 radical (unpaired) electrons. The highest BCUT2D eigenvalue weighted by Crippen LogP contribution is 2.28. The van der Waals surface area contributed by atoms with Crippen LogP contribution in [0.1, 0.15) is 18.9 Å². The Morgan fingerprint density at radius 1 is 0.974 bits per heavy atom. The zero-order valence-corrected chi connectivity index (χ0v) is 23.6. The lowest BCUT2D eigenvalue weighted by molar-refractivity contribution is -0.140. The van der Waals surface area contributed by atoms with Crippen LogP contribution in [0, 0.1) is 0 Å². The van der Waals surface area contributed by atoms with Crippen molar-refractivity contribution in [3.63, 3.8) is 0 Å². The highest BCUT2D eigenvalue weighted by atomic mass is 35.5. The Hall–Kier alpha value is -3.27.